The molecule has 16 heavy (non-hydrogen) atoms. The van der Waals surface area contributed by atoms with E-state index in [4.69, 9.17) is 0 Å². The van der Waals surface area contributed by atoms with Crippen molar-refractivity contribution in [2.24, 2.45) is 17.8 Å². The molecule has 0 aromatic carbocycles. The maximum Gasteiger partial charge on any atom is 0.575 e. The third kappa shape index (κ3) is 4.41. The molecule has 94 valence electrons. The molecule has 1 aliphatic carbocycles. The normalized spacial score (nSPS) is 26.1. The third-order valence-corrected chi connectivity index (χ3v) is 3.21. The summed E-state index contributed by atoms with van der Waals surface area (Å²) in [6.07, 6.45) is -2.28. The number of hydrogen-bond donors (Lipinski definition) is 0. The van der Waals surface area contributed by atoms with E-state index in [-0.39, 0.29) is 12.3 Å². The maximum absolute atomic E-state index is 11.7. The zero-order valence-electron chi connectivity index (χ0n) is 9.51. The lowest BCUT2D eigenvalue weighted by Crippen LogP contribution is -2.21. The molecule has 1 saturated carbocycles. The Bertz CT molecular complexity index is 248. The van der Waals surface area contributed by atoms with Gasteiger partial charge in [0.15, 0.2) is 0 Å². The van der Waals surface area contributed by atoms with Crippen LogP contribution in [0.3, 0.4) is 0 Å². The molecule has 0 saturated heterocycles. The van der Waals surface area contributed by atoms with Crippen LogP contribution in [0.5, 0.6) is 0 Å². The predicted octanol–water partition coefficient (Wildman–Crippen LogP) is 3.51. The molecule has 1 fully saturated rings. The number of alkyl halides is 3. The van der Waals surface area contributed by atoms with Crippen molar-refractivity contribution >= 4 is 5.97 Å². The molecule has 0 N–H and O–H groups in total. The Kier molecular flexibility index (Phi) is 4.21. The highest BCUT2D eigenvalue weighted by atomic mass is 19.4. The first kappa shape index (κ1) is 13.3. The van der Waals surface area contributed by atoms with E-state index in [1.807, 2.05) is 0 Å². The van der Waals surface area contributed by atoms with Crippen molar-refractivity contribution < 1.29 is 22.7 Å². The molecule has 0 radical (unpaired) electrons. The van der Waals surface area contributed by atoms with E-state index >= 15 is 0 Å². The highest BCUT2D eigenvalue weighted by molar-refractivity contribution is 5.69. The van der Waals surface area contributed by atoms with Gasteiger partial charge in [0.25, 0.3) is 0 Å². The van der Waals surface area contributed by atoms with Crippen molar-refractivity contribution in [2.75, 3.05) is 0 Å². The summed E-state index contributed by atoms with van der Waals surface area (Å²) in [5, 5.41) is 0. The SMILES string of the molecule is CC(C)[C@@H]1CC[C@@H](CC(=O)OC(F)(F)F)C1. The van der Waals surface area contributed by atoms with E-state index in [1.165, 1.54) is 0 Å². The molecular formula is C11H17F3O2. The fraction of sp³-hybridized carbons (Fsp3) is 0.909. The number of rotatable bonds is 3. The van der Waals surface area contributed by atoms with Gasteiger partial charge in [0, 0.05) is 6.42 Å². The largest absolute Gasteiger partial charge is 0.575 e. The smallest absolute Gasteiger partial charge is 0.373 e. The van der Waals surface area contributed by atoms with Crippen LogP contribution >= 0.6 is 0 Å². The van der Waals surface area contributed by atoms with E-state index in [0.29, 0.717) is 11.8 Å². The van der Waals surface area contributed by atoms with Crippen LogP contribution in [0.25, 0.3) is 0 Å². The summed E-state index contributed by atoms with van der Waals surface area (Å²) >= 11 is 0. The fourth-order valence-electron chi connectivity index (χ4n) is 2.31. The fourth-order valence-corrected chi connectivity index (χ4v) is 2.31. The van der Waals surface area contributed by atoms with Crippen molar-refractivity contribution in [1.29, 1.82) is 0 Å². The highest BCUT2D eigenvalue weighted by Crippen LogP contribution is 2.37. The summed E-state index contributed by atoms with van der Waals surface area (Å²) < 4.78 is 38.6. The Balaban J connectivity index is 2.32. The van der Waals surface area contributed by atoms with Gasteiger partial charge in [0.05, 0.1) is 0 Å². The molecule has 2 atom stereocenters. The molecule has 0 aliphatic heterocycles. The number of esters is 1. The Hall–Kier alpha value is -0.740. The van der Waals surface area contributed by atoms with Crippen molar-refractivity contribution in [3.63, 3.8) is 0 Å². The topological polar surface area (TPSA) is 26.3 Å². The predicted molar refractivity (Wildman–Crippen MR) is 52.4 cm³/mol. The van der Waals surface area contributed by atoms with Gasteiger partial charge in [-0.3, -0.25) is 4.79 Å². The summed E-state index contributed by atoms with van der Waals surface area (Å²) in [5.41, 5.74) is 0. The van der Waals surface area contributed by atoms with Gasteiger partial charge in [-0.2, -0.15) is 0 Å². The van der Waals surface area contributed by atoms with E-state index in [0.717, 1.165) is 19.3 Å². The second-order valence-corrected chi connectivity index (χ2v) is 4.81. The van der Waals surface area contributed by atoms with Crippen molar-refractivity contribution in [3.05, 3.63) is 0 Å². The molecule has 0 aromatic heterocycles. The first-order chi connectivity index (χ1) is 7.28. The van der Waals surface area contributed by atoms with Crippen LogP contribution in [0, 0.1) is 17.8 Å². The second kappa shape index (κ2) is 5.06. The molecule has 0 heterocycles. The van der Waals surface area contributed by atoms with Gasteiger partial charge in [-0.15, -0.1) is 13.2 Å². The van der Waals surface area contributed by atoms with Crippen molar-refractivity contribution in [3.8, 4) is 0 Å². The van der Waals surface area contributed by atoms with Crippen LogP contribution in [0.15, 0.2) is 0 Å². The van der Waals surface area contributed by atoms with Gasteiger partial charge < -0.3 is 4.74 Å². The van der Waals surface area contributed by atoms with Crippen LogP contribution < -0.4 is 0 Å². The number of carbonyl (C=O) groups is 1. The Morgan fingerprint density at radius 2 is 2.00 bits per heavy atom. The maximum atomic E-state index is 11.7. The summed E-state index contributed by atoms with van der Waals surface area (Å²) in [7, 11) is 0. The minimum absolute atomic E-state index is 0.0576. The molecule has 0 bridgehead atoms. The lowest BCUT2D eigenvalue weighted by atomic mass is 9.93. The first-order valence-electron chi connectivity index (χ1n) is 5.56. The van der Waals surface area contributed by atoms with E-state index in [2.05, 4.69) is 18.6 Å². The zero-order chi connectivity index (χ0) is 12.3. The Morgan fingerprint density at radius 1 is 1.38 bits per heavy atom. The second-order valence-electron chi connectivity index (χ2n) is 4.81. The van der Waals surface area contributed by atoms with E-state index in [9.17, 15) is 18.0 Å². The van der Waals surface area contributed by atoms with E-state index in [1.54, 1.807) is 0 Å². The third-order valence-electron chi connectivity index (χ3n) is 3.21. The van der Waals surface area contributed by atoms with Crippen LogP contribution in [-0.4, -0.2) is 12.3 Å². The quantitative estimate of drug-likeness (QED) is 0.703. The standard InChI is InChI=1S/C11H17F3O2/c1-7(2)9-4-3-8(5-9)6-10(15)16-11(12,13)14/h7-9H,3-6H2,1-2H3/t8-,9-/m1/s1. The molecule has 0 aromatic rings. The van der Waals surface area contributed by atoms with Gasteiger partial charge >= 0.3 is 12.3 Å². The van der Waals surface area contributed by atoms with Gasteiger partial charge in [-0.05, 0) is 37.0 Å². The lowest BCUT2D eigenvalue weighted by Gasteiger charge is -2.14. The number of hydrogen-bond acceptors (Lipinski definition) is 2. The van der Waals surface area contributed by atoms with Crippen molar-refractivity contribution in [1.82, 2.24) is 0 Å². The van der Waals surface area contributed by atoms with Gasteiger partial charge in [-0.1, -0.05) is 13.8 Å². The summed E-state index contributed by atoms with van der Waals surface area (Å²) in [5.74, 6) is -0.0310. The van der Waals surface area contributed by atoms with E-state index < -0.39 is 12.3 Å². The highest BCUT2D eigenvalue weighted by Gasteiger charge is 2.36. The first-order valence-corrected chi connectivity index (χ1v) is 5.56. The number of halogens is 3. The van der Waals surface area contributed by atoms with Crippen LogP contribution in [0.2, 0.25) is 0 Å². The average Bonchev–Trinajstić information content (AvgIpc) is 2.48. The molecule has 5 heteroatoms. The Labute approximate surface area is 93.2 Å². The van der Waals surface area contributed by atoms with Crippen LogP contribution in [0.4, 0.5) is 13.2 Å². The minimum Gasteiger partial charge on any atom is -0.373 e. The van der Waals surface area contributed by atoms with Gasteiger partial charge in [-0.25, -0.2) is 0 Å². The molecule has 0 amide bonds. The van der Waals surface area contributed by atoms with Crippen LogP contribution in [-0.2, 0) is 9.53 Å². The average molecular weight is 238 g/mol. The molecule has 1 rings (SSSR count). The molecule has 0 spiro atoms. The lowest BCUT2D eigenvalue weighted by molar-refractivity contribution is -0.306. The van der Waals surface area contributed by atoms with Crippen molar-refractivity contribution in [2.45, 2.75) is 45.9 Å². The van der Waals surface area contributed by atoms with Gasteiger partial charge in [0.1, 0.15) is 0 Å². The Morgan fingerprint density at radius 3 is 2.44 bits per heavy atom. The molecular weight excluding hydrogens is 221 g/mol. The summed E-state index contributed by atoms with van der Waals surface area (Å²) in [6.45, 7) is 4.20. The molecule has 0 unspecified atom stereocenters. The monoisotopic (exact) mass is 238 g/mol. The molecule has 1 aliphatic rings. The number of ether oxygens (including phenoxy) is 1. The number of carbonyl (C=O) groups excluding carboxylic acids is 1. The molecule has 2 nitrogen and oxygen atoms in total. The minimum atomic E-state index is -4.84. The summed E-state index contributed by atoms with van der Waals surface area (Å²) in [6, 6.07) is 0. The van der Waals surface area contributed by atoms with Crippen LogP contribution in [0.1, 0.15) is 39.5 Å². The zero-order valence-corrected chi connectivity index (χ0v) is 9.51. The summed E-state index contributed by atoms with van der Waals surface area (Å²) in [4.78, 5) is 10.9. The van der Waals surface area contributed by atoms with Gasteiger partial charge in [0.2, 0.25) is 0 Å².